The zero-order chi connectivity index (χ0) is 29.2. The van der Waals surface area contributed by atoms with Gasteiger partial charge in [-0.1, -0.05) is 90.4 Å². The molecule has 3 rings (SSSR count). The molecule has 0 saturated carbocycles. The van der Waals surface area contributed by atoms with E-state index in [1.807, 2.05) is 85.6 Å². The summed E-state index contributed by atoms with van der Waals surface area (Å²) in [6.07, 6.45) is 2.92. The first-order valence-electron chi connectivity index (χ1n) is 12.2. The van der Waals surface area contributed by atoms with Gasteiger partial charge in [0.05, 0.1) is 6.20 Å². The molecule has 0 unspecified atom stereocenters. The molecule has 0 aliphatic carbocycles. The van der Waals surface area contributed by atoms with Gasteiger partial charge in [-0.15, -0.1) is 13.2 Å². The highest BCUT2D eigenvalue weighted by molar-refractivity contribution is 5.96. The number of esters is 1. The van der Waals surface area contributed by atoms with Crippen molar-refractivity contribution in [3.05, 3.63) is 78.2 Å². The third kappa shape index (κ3) is 19.9. The molecule has 2 aromatic carbocycles. The number of rotatable bonds is 1. The van der Waals surface area contributed by atoms with Crippen molar-refractivity contribution < 1.29 is 14.3 Å². The lowest BCUT2D eigenvalue weighted by atomic mass is 10.00. The molecule has 0 radical (unpaired) electrons. The van der Waals surface area contributed by atoms with Crippen LogP contribution in [0.1, 0.15) is 75.7 Å². The van der Waals surface area contributed by atoms with Crippen LogP contribution in [0, 0.1) is 0 Å². The van der Waals surface area contributed by atoms with Crippen molar-refractivity contribution in [3.63, 3.8) is 0 Å². The zero-order valence-corrected chi connectivity index (χ0v) is 24.1. The van der Waals surface area contributed by atoms with Crippen molar-refractivity contribution in [3.8, 4) is 11.1 Å². The van der Waals surface area contributed by atoms with Gasteiger partial charge in [0.25, 0.3) is 5.56 Å². The quantitative estimate of drug-likeness (QED) is 0.270. The van der Waals surface area contributed by atoms with Gasteiger partial charge < -0.3 is 9.53 Å². The number of nitrogens with zero attached hydrogens (tertiary/aromatic N) is 1. The highest BCUT2D eigenvalue weighted by atomic mass is 16.6. The van der Waals surface area contributed by atoms with Crippen molar-refractivity contribution in [1.82, 2.24) is 10.2 Å². The molecule has 0 saturated heterocycles. The number of hydrogen-bond acceptors (Lipinski definition) is 5. The van der Waals surface area contributed by atoms with E-state index >= 15 is 0 Å². The number of benzene rings is 2. The normalized spacial score (nSPS) is 8.50. The predicted octanol–water partition coefficient (Wildman–Crippen LogP) is 8.02. The summed E-state index contributed by atoms with van der Waals surface area (Å²) in [5, 5.41) is 8.50. The molecule has 3 aromatic rings. The molecule has 6 nitrogen and oxygen atoms in total. The van der Waals surface area contributed by atoms with Crippen LogP contribution in [0.4, 0.5) is 0 Å². The molecule has 1 N–H and O–H groups in total. The summed E-state index contributed by atoms with van der Waals surface area (Å²) >= 11 is 0. The first kappa shape index (κ1) is 39.7. The van der Waals surface area contributed by atoms with E-state index in [0.717, 1.165) is 21.9 Å². The van der Waals surface area contributed by atoms with Crippen molar-refractivity contribution >= 4 is 23.5 Å². The number of aromatic nitrogens is 2. The Bertz CT molecular complexity index is 969. The molecule has 202 valence electrons. The van der Waals surface area contributed by atoms with Crippen LogP contribution in [-0.2, 0) is 14.3 Å². The van der Waals surface area contributed by atoms with Crippen LogP contribution in [0.2, 0.25) is 0 Å². The Balaban J connectivity index is -0.000000229. The monoisotopic (exact) mass is 500 g/mol. The molecule has 0 aliphatic heterocycles. The minimum absolute atomic E-state index is 0.185. The van der Waals surface area contributed by atoms with E-state index in [0.29, 0.717) is 0 Å². The molecular formula is C30H48N2O4. The smallest absolute Gasteiger partial charge is 0.303 e. The summed E-state index contributed by atoms with van der Waals surface area (Å²) in [6, 6.07) is 15.7. The van der Waals surface area contributed by atoms with E-state index in [1.165, 1.54) is 13.3 Å². The van der Waals surface area contributed by atoms with E-state index in [9.17, 15) is 9.59 Å². The fourth-order valence-corrected chi connectivity index (χ4v) is 2.43. The number of fused-ring (bicyclic) bond motifs is 1. The van der Waals surface area contributed by atoms with Crippen LogP contribution >= 0.6 is 0 Å². The standard InChI is InChI=1S/C14H10N2O.C6H12O2.C3H8.2C2H6.C2H4.CH2O/c17-14-8-11(9-15-16-14)13-7-3-5-10-4-1-2-6-12(10)13;1-5(7)8-6(2,3)4;1-3-2;4*1-2/h1-9H,(H,16,17);1-4H3;3H2,1-2H3;2*1-2H3;1-2H2;1H2. The van der Waals surface area contributed by atoms with Gasteiger partial charge >= 0.3 is 5.97 Å². The summed E-state index contributed by atoms with van der Waals surface area (Å²) in [5.41, 5.74) is 1.36. The molecule has 0 fully saturated rings. The Hall–Kier alpha value is -3.54. The van der Waals surface area contributed by atoms with Crippen LogP contribution in [-0.4, -0.2) is 28.6 Å². The Morgan fingerprint density at radius 3 is 1.83 bits per heavy atom. The van der Waals surface area contributed by atoms with Crippen molar-refractivity contribution in [2.45, 2.75) is 81.3 Å². The third-order valence-electron chi connectivity index (χ3n) is 3.22. The molecule has 6 heteroatoms. The van der Waals surface area contributed by atoms with Gasteiger partial charge in [-0.2, -0.15) is 5.10 Å². The van der Waals surface area contributed by atoms with Crippen molar-refractivity contribution in [2.24, 2.45) is 0 Å². The Morgan fingerprint density at radius 2 is 1.42 bits per heavy atom. The largest absolute Gasteiger partial charge is 0.460 e. The predicted molar refractivity (Wildman–Crippen MR) is 156 cm³/mol. The number of nitrogens with one attached hydrogen (secondary N) is 1. The second kappa shape index (κ2) is 26.1. The average Bonchev–Trinajstić information content (AvgIpc) is 2.88. The topological polar surface area (TPSA) is 89.1 Å². The van der Waals surface area contributed by atoms with E-state index in [-0.39, 0.29) is 17.1 Å². The third-order valence-corrected chi connectivity index (χ3v) is 3.22. The maximum Gasteiger partial charge on any atom is 0.303 e. The minimum atomic E-state index is -0.328. The molecule has 0 atom stereocenters. The van der Waals surface area contributed by atoms with Gasteiger partial charge in [-0.25, -0.2) is 5.10 Å². The Labute approximate surface area is 218 Å². The fraction of sp³-hybridized carbons (Fsp3) is 0.400. The number of carbonyl (C=O) groups excluding carboxylic acids is 2. The van der Waals surface area contributed by atoms with E-state index in [1.54, 1.807) is 12.3 Å². The number of hydrogen-bond donors (Lipinski definition) is 1. The van der Waals surface area contributed by atoms with Crippen LogP contribution < -0.4 is 5.56 Å². The molecule has 0 spiro atoms. The molecule has 1 aromatic heterocycles. The number of H-pyrrole nitrogens is 1. The number of ether oxygens (including phenoxy) is 1. The highest BCUT2D eigenvalue weighted by Gasteiger charge is 2.11. The van der Waals surface area contributed by atoms with Crippen molar-refractivity contribution in [2.75, 3.05) is 0 Å². The molecular weight excluding hydrogens is 452 g/mol. The molecule has 1 heterocycles. The summed E-state index contributed by atoms with van der Waals surface area (Å²) in [7, 11) is 0. The van der Waals surface area contributed by atoms with Crippen LogP contribution in [0.3, 0.4) is 0 Å². The number of carbonyl (C=O) groups is 2. The first-order chi connectivity index (χ1) is 17.2. The van der Waals surface area contributed by atoms with Gasteiger partial charge in [0.15, 0.2) is 0 Å². The van der Waals surface area contributed by atoms with Gasteiger partial charge in [0.2, 0.25) is 0 Å². The van der Waals surface area contributed by atoms with Crippen LogP contribution in [0.25, 0.3) is 21.9 Å². The molecule has 36 heavy (non-hydrogen) atoms. The molecule has 0 amide bonds. The Morgan fingerprint density at radius 1 is 0.944 bits per heavy atom. The summed E-state index contributed by atoms with van der Waals surface area (Å²) < 4.78 is 4.80. The lowest BCUT2D eigenvalue weighted by Gasteiger charge is -2.17. The second-order valence-electron chi connectivity index (χ2n) is 7.27. The molecule has 0 aliphatic rings. The minimum Gasteiger partial charge on any atom is -0.460 e. The maximum absolute atomic E-state index is 11.3. The average molecular weight is 501 g/mol. The lowest BCUT2D eigenvalue weighted by Crippen LogP contribution is -2.21. The van der Waals surface area contributed by atoms with E-state index in [2.05, 4.69) is 49.3 Å². The van der Waals surface area contributed by atoms with Gasteiger partial charge in [-0.3, -0.25) is 9.59 Å². The Kier molecular flexibility index (Phi) is 28.7. The SMILES string of the molecule is C=C.C=O.CC.CC.CC(=O)OC(C)(C)C.CCC.O=c1cc(-c2cccc3ccccc23)cn[nH]1. The van der Waals surface area contributed by atoms with Crippen molar-refractivity contribution in [1.29, 1.82) is 0 Å². The second-order valence-corrected chi connectivity index (χ2v) is 7.27. The van der Waals surface area contributed by atoms with Gasteiger partial charge in [0, 0.05) is 18.6 Å². The maximum atomic E-state index is 11.3. The summed E-state index contributed by atoms with van der Waals surface area (Å²) in [4.78, 5) is 29.5. The first-order valence-corrected chi connectivity index (χ1v) is 12.2. The zero-order valence-electron chi connectivity index (χ0n) is 24.1. The van der Waals surface area contributed by atoms with E-state index in [4.69, 9.17) is 9.53 Å². The lowest BCUT2D eigenvalue weighted by molar-refractivity contribution is -0.151. The highest BCUT2D eigenvalue weighted by Crippen LogP contribution is 2.26. The fourth-order valence-electron chi connectivity index (χ4n) is 2.43. The van der Waals surface area contributed by atoms with Crippen LogP contribution in [0.15, 0.2) is 72.7 Å². The van der Waals surface area contributed by atoms with Gasteiger partial charge in [-0.05, 0) is 37.1 Å². The van der Waals surface area contributed by atoms with E-state index < -0.39 is 0 Å². The molecule has 0 bridgehead atoms. The number of aromatic amines is 1. The van der Waals surface area contributed by atoms with Gasteiger partial charge in [0.1, 0.15) is 12.4 Å². The summed E-state index contributed by atoms with van der Waals surface area (Å²) in [5.74, 6) is -0.225. The van der Waals surface area contributed by atoms with Crippen LogP contribution in [0.5, 0.6) is 0 Å². The summed E-state index contributed by atoms with van der Waals surface area (Å²) in [6.45, 7) is 27.2.